The van der Waals surface area contributed by atoms with Gasteiger partial charge in [-0.15, -0.1) is 0 Å². The highest BCUT2D eigenvalue weighted by Gasteiger charge is 2.34. The number of hydrogen-bond donors (Lipinski definition) is 1. The minimum absolute atomic E-state index is 0.0386. The lowest BCUT2D eigenvalue weighted by Crippen LogP contribution is -2.31. The van der Waals surface area contributed by atoms with Gasteiger partial charge >= 0.3 is 6.18 Å². The van der Waals surface area contributed by atoms with Crippen LogP contribution in [0.2, 0.25) is 5.02 Å². The molecule has 0 atom stereocenters. The highest BCUT2D eigenvalue weighted by molar-refractivity contribution is 6.32. The SMILES string of the molecule is O=C(Cc1cc(OCCCN(Cc2cccc(C(F)(F)F)c2Cl)CC(c2ccccc2)c2ccccc2)no1)Nc1ccco1. The van der Waals surface area contributed by atoms with Crippen molar-refractivity contribution in [1.82, 2.24) is 10.1 Å². The molecule has 0 fully saturated rings. The van der Waals surface area contributed by atoms with Gasteiger partial charge in [-0.25, -0.2) is 0 Å². The van der Waals surface area contributed by atoms with Crippen molar-refractivity contribution in [1.29, 1.82) is 0 Å². The molecule has 0 aliphatic rings. The van der Waals surface area contributed by atoms with E-state index in [1.165, 1.54) is 12.3 Å². The molecule has 0 saturated carbocycles. The molecule has 5 rings (SSSR count). The van der Waals surface area contributed by atoms with Gasteiger partial charge in [-0.3, -0.25) is 15.0 Å². The molecule has 0 spiro atoms. The first kappa shape index (κ1) is 31.9. The Bertz CT molecular complexity index is 1610. The fraction of sp³-hybridized carbons (Fsp3) is 0.235. The first-order valence-corrected chi connectivity index (χ1v) is 14.7. The van der Waals surface area contributed by atoms with Crippen LogP contribution in [0.5, 0.6) is 5.88 Å². The van der Waals surface area contributed by atoms with Crippen LogP contribution in [0.15, 0.2) is 112 Å². The van der Waals surface area contributed by atoms with Crippen molar-refractivity contribution in [2.45, 2.75) is 31.5 Å². The molecular formula is C34H31ClF3N3O4. The maximum Gasteiger partial charge on any atom is 0.417 e. The van der Waals surface area contributed by atoms with E-state index < -0.39 is 11.7 Å². The van der Waals surface area contributed by atoms with E-state index in [4.69, 9.17) is 25.3 Å². The molecule has 45 heavy (non-hydrogen) atoms. The van der Waals surface area contributed by atoms with Crippen molar-refractivity contribution in [3.63, 3.8) is 0 Å². The number of benzene rings is 3. The number of rotatable bonds is 14. The van der Waals surface area contributed by atoms with Crippen LogP contribution in [-0.4, -0.2) is 35.7 Å². The summed E-state index contributed by atoms with van der Waals surface area (Å²) in [5, 5.41) is 6.19. The number of furan rings is 1. The number of nitrogens with one attached hydrogen (secondary N) is 1. The summed E-state index contributed by atoms with van der Waals surface area (Å²) in [4.78, 5) is 14.3. The predicted octanol–water partition coefficient (Wildman–Crippen LogP) is 8.22. The Morgan fingerprint density at radius 3 is 2.31 bits per heavy atom. The van der Waals surface area contributed by atoms with Crippen molar-refractivity contribution in [3.05, 3.63) is 136 Å². The lowest BCUT2D eigenvalue weighted by atomic mass is 9.90. The molecule has 2 heterocycles. The zero-order chi connectivity index (χ0) is 31.6. The van der Waals surface area contributed by atoms with Crippen LogP contribution >= 0.6 is 11.6 Å². The number of carbonyl (C=O) groups excluding carboxylic acids is 1. The van der Waals surface area contributed by atoms with Gasteiger partial charge in [0.1, 0.15) is 5.76 Å². The van der Waals surface area contributed by atoms with E-state index in [1.807, 2.05) is 60.7 Å². The van der Waals surface area contributed by atoms with Gasteiger partial charge in [0, 0.05) is 37.7 Å². The molecular weight excluding hydrogens is 607 g/mol. The first-order valence-electron chi connectivity index (χ1n) is 14.3. The molecule has 11 heteroatoms. The number of hydrogen-bond acceptors (Lipinski definition) is 6. The lowest BCUT2D eigenvalue weighted by Gasteiger charge is -2.29. The molecule has 0 radical (unpaired) electrons. The van der Waals surface area contributed by atoms with Crippen LogP contribution < -0.4 is 10.1 Å². The molecule has 3 aromatic carbocycles. The van der Waals surface area contributed by atoms with E-state index >= 15 is 0 Å². The summed E-state index contributed by atoms with van der Waals surface area (Å²) < 4.78 is 57.0. The van der Waals surface area contributed by atoms with Crippen molar-refractivity contribution in [3.8, 4) is 5.88 Å². The van der Waals surface area contributed by atoms with Crippen LogP contribution in [0.4, 0.5) is 19.1 Å². The van der Waals surface area contributed by atoms with Gasteiger partial charge in [0.2, 0.25) is 5.91 Å². The number of aromatic nitrogens is 1. The van der Waals surface area contributed by atoms with Crippen molar-refractivity contribution in [2.24, 2.45) is 0 Å². The first-order chi connectivity index (χ1) is 21.8. The molecule has 0 unspecified atom stereocenters. The quantitative estimate of drug-likeness (QED) is 0.124. The van der Waals surface area contributed by atoms with E-state index in [0.717, 1.165) is 17.2 Å². The van der Waals surface area contributed by atoms with E-state index in [0.29, 0.717) is 36.7 Å². The van der Waals surface area contributed by atoms with E-state index in [1.54, 1.807) is 24.3 Å². The van der Waals surface area contributed by atoms with Crippen molar-refractivity contribution >= 4 is 23.4 Å². The fourth-order valence-corrected chi connectivity index (χ4v) is 5.32. The van der Waals surface area contributed by atoms with Gasteiger partial charge in [-0.05, 0) is 40.4 Å². The zero-order valence-corrected chi connectivity index (χ0v) is 24.9. The second kappa shape index (κ2) is 15.0. The topological polar surface area (TPSA) is 80.7 Å². The highest BCUT2D eigenvalue weighted by atomic mass is 35.5. The van der Waals surface area contributed by atoms with Crippen molar-refractivity contribution < 1.29 is 31.6 Å². The summed E-state index contributed by atoms with van der Waals surface area (Å²) in [6.45, 7) is 1.50. The van der Waals surface area contributed by atoms with Crippen molar-refractivity contribution in [2.75, 3.05) is 25.0 Å². The van der Waals surface area contributed by atoms with Gasteiger partial charge in [0.15, 0.2) is 5.88 Å². The molecule has 1 amide bonds. The summed E-state index contributed by atoms with van der Waals surface area (Å²) in [5.41, 5.74) is 1.71. The summed E-state index contributed by atoms with van der Waals surface area (Å²) >= 11 is 6.30. The Labute approximate surface area is 263 Å². The van der Waals surface area contributed by atoms with Crippen LogP contribution in [0.3, 0.4) is 0 Å². The van der Waals surface area contributed by atoms with Crippen LogP contribution in [-0.2, 0) is 23.9 Å². The third-order valence-electron chi connectivity index (χ3n) is 7.15. The Kier molecular flexibility index (Phi) is 10.6. The standard InChI is InChI=1S/C34H31ClF3N3O4/c35-33-26(14-7-15-29(33)34(36,37)38)22-41(23-28(24-10-3-1-4-11-24)25-12-5-2-6-13-25)17-9-19-44-32-21-27(45-40-32)20-30(42)39-31-16-8-18-43-31/h1-8,10-16,18,21,28H,9,17,19-20,22-23H2,(H,39,42). The average molecular weight is 638 g/mol. The Hall–Kier alpha value is -4.54. The van der Waals surface area contributed by atoms with Crippen LogP contribution in [0.25, 0.3) is 0 Å². The number of halogens is 4. The van der Waals surface area contributed by atoms with Crippen LogP contribution in [0.1, 0.15) is 40.4 Å². The number of anilines is 1. The molecule has 0 saturated heterocycles. The Morgan fingerprint density at radius 2 is 1.67 bits per heavy atom. The van der Waals surface area contributed by atoms with E-state index in [2.05, 4.69) is 15.4 Å². The van der Waals surface area contributed by atoms with Gasteiger partial charge in [0.05, 0.1) is 29.9 Å². The fourth-order valence-electron chi connectivity index (χ4n) is 5.03. The highest BCUT2D eigenvalue weighted by Crippen LogP contribution is 2.37. The molecule has 7 nitrogen and oxygen atoms in total. The second-order valence-electron chi connectivity index (χ2n) is 10.4. The maximum absolute atomic E-state index is 13.6. The lowest BCUT2D eigenvalue weighted by molar-refractivity contribution is -0.137. The molecule has 2 aromatic heterocycles. The molecule has 0 aliphatic carbocycles. The number of ether oxygens (including phenoxy) is 1. The van der Waals surface area contributed by atoms with Gasteiger partial charge < -0.3 is 13.7 Å². The average Bonchev–Trinajstić information content (AvgIpc) is 3.71. The van der Waals surface area contributed by atoms with Gasteiger partial charge in [0.25, 0.3) is 5.88 Å². The third-order valence-corrected chi connectivity index (χ3v) is 7.59. The monoisotopic (exact) mass is 637 g/mol. The Morgan fingerprint density at radius 1 is 0.956 bits per heavy atom. The molecule has 5 aromatic rings. The summed E-state index contributed by atoms with van der Waals surface area (Å²) in [6, 6.07) is 28.8. The summed E-state index contributed by atoms with van der Waals surface area (Å²) in [5.74, 6) is 0.512. The number of alkyl halides is 3. The summed E-state index contributed by atoms with van der Waals surface area (Å²) in [6.07, 6.45) is -2.62. The van der Waals surface area contributed by atoms with E-state index in [-0.39, 0.29) is 42.3 Å². The van der Waals surface area contributed by atoms with E-state index in [9.17, 15) is 18.0 Å². The smallest absolute Gasteiger partial charge is 0.417 e. The van der Waals surface area contributed by atoms with Gasteiger partial charge in [-0.1, -0.05) is 84.4 Å². The molecule has 1 N–H and O–H groups in total. The van der Waals surface area contributed by atoms with Gasteiger partial charge in [-0.2, -0.15) is 13.2 Å². The van der Waals surface area contributed by atoms with Crippen LogP contribution in [0, 0.1) is 0 Å². The maximum atomic E-state index is 13.6. The molecule has 234 valence electrons. The molecule has 0 aliphatic heterocycles. The summed E-state index contributed by atoms with van der Waals surface area (Å²) in [7, 11) is 0. The second-order valence-corrected chi connectivity index (χ2v) is 10.8. The minimum Gasteiger partial charge on any atom is -0.475 e. The number of amides is 1. The number of carbonyl (C=O) groups is 1. The molecule has 0 bridgehead atoms. The third kappa shape index (κ3) is 8.99. The predicted molar refractivity (Wildman–Crippen MR) is 164 cm³/mol. The zero-order valence-electron chi connectivity index (χ0n) is 24.2. The number of nitrogens with zero attached hydrogens (tertiary/aromatic N) is 2. The Balaban J connectivity index is 1.27. The normalized spacial score (nSPS) is 11.7. The minimum atomic E-state index is -4.56. The largest absolute Gasteiger partial charge is 0.475 e.